The molecule has 0 radical (unpaired) electrons. The van der Waals surface area contributed by atoms with Crippen LogP contribution in [-0.2, 0) is 9.59 Å². The lowest BCUT2D eigenvalue weighted by atomic mass is 10.5. The Kier molecular flexibility index (Phi) is 246. The van der Waals surface area contributed by atoms with Gasteiger partial charge in [-0.3, -0.25) is 0 Å². The minimum absolute atomic E-state index is 0.319. The maximum absolute atomic E-state index is 9.17. The van der Waals surface area contributed by atoms with Crippen LogP contribution < -0.4 is 0 Å². The third kappa shape index (κ3) is 1860. The normalized spacial score (nSPS) is 6.14. The first-order chi connectivity index (χ1) is 13.3. The molecule has 0 amide bonds. The van der Waals surface area contributed by atoms with Gasteiger partial charge in [0.2, 0.25) is 0 Å². The summed E-state index contributed by atoms with van der Waals surface area (Å²) in [5.41, 5.74) is 0. The molecule has 4 heteroatoms. The number of hydrogen-bond acceptors (Lipinski definition) is 4. The summed E-state index contributed by atoms with van der Waals surface area (Å²) in [4.78, 5) is 18.3. The number of allylic oxidation sites excluding steroid dienone is 2. The Hall–Kier alpha value is -1.26. The van der Waals surface area contributed by atoms with Crippen molar-refractivity contribution in [3.63, 3.8) is 0 Å². The Morgan fingerprint density at radius 3 is 0.679 bits per heavy atom. The molecule has 176 valence electrons. The molecule has 0 spiro atoms. The van der Waals surface area contributed by atoms with E-state index in [9.17, 15) is 9.59 Å². The van der Waals surface area contributed by atoms with Crippen molar-refractivity contribution in [1.29, 1.82) is 0 Å². The highest BCUT2D eigenvalue weighted by molar-refractivity contribution is 5.48. The van der Waals surface area contributed by atoms with E-state index in [4.69, 9.17) is 10.2 Å². The first-order valence-corrected chi connectivity index (χ1v) is 10.5. The topological polar surface area (TPSA) is 74.6 Å². The summed E-state index contributed by atoms with van der Waals surface area (Å²) in [6.07, 6.45) is 10.8. The van der Waals surface area contributed by atoms with E-state index in [0.717, 1.165) is 25.4 Å². The van der Waals surface area contributed by atoms with E-state index in [1.54, 1.807) is 12.2 Å². The number of rotatable bonds is 4. The van der Waals surface area contributed by atoms with Gasteiger partial charge in [-0.25, -0.2) is 0 Å². The highest BCUT2D eigenvalue weighted by Crippen LogP contribution is 1.61. The average molecular weight is 409 g/mol. The molecule has 0 rings (SSSR count). The van der Waals surface area contributed by atoms with Crippen molar-refractivity contribution in [2.45, 2.75) is 108 Å². The number of carbonyl (C=O) groups is 2. The van der Waals surface area contributed by atoms with E-state index in [0.29, 0.717) is 26.1 Å². The number of aldehydes is 2. The molecular formula is C24H56O4. The van der Waals surface area contributed by atoms with Crippen LogP contribution >= 0.6 is 0 Å². The van der Waals surface area contributed by atoms with Gasteiger partial charge in [0.1, 0.15) is 12.6 Å². The lowest BCUT2D eigenvalue weighted by Crippen LogP contribution is -1.69. The molecule has 0 aliphatic heterocycles. The Morgan fingerprint density at radius 1 is 0.607 bits per heavy atom. The third-order valence-electron chi connectivity index (χ3n) is 0.781. The van der Waals surface area contributed by atoms with E-state index in [1.165, 1.54) is 12.8 Å². The summed E-state index contributed by atoms with van der Waals surface area (Å²) >= 11 is 0. The largest absolute Gasteiger partial charge is 0.396 e. The van der Waals surface area contributed by atoms with Crippen LogP contribution in [0.1, 0.15) is 108 Å². The molecule has 0 aliphatic carbocycles. The Morgan fingerprint density at radius 2 is 0.679 bits per heavy atom. The number of hydrogen-bond donors (Lipinski definition) is 2. The first kappa shape index (κ1) is 50.4. The zero-order valence-corrected chi connectivity index (χ0v) is 21.1. The fraction of sp³-hybridized carbons (Fsp3) is 0.750. The van der Waals surface area contributed by atoms with Crippen molar-refractivity contribution in [3.8, 4) is 0 Å². The quantitative estimate of drug-likeness (QED) is 0.381. The van der Waals surface area contributed by atoms with Gasteiger partial charge in [-0.1, -0.05) is 80.4 Å². The molecule has 0 aromatic heterocycles. The van der Waals surface area contributed by atoms with Gasteiger partial charge < -0.3 is 19.8 Å². The van der Waals surface area contributed by atoms with Gasteiger partial charge in [0.15, 0.2) is 0 Å². The summed E-state index contributed by atoms with van der Waals surface area (Å²) in [7, 11) is 0. The summed E-state index contributed by atoms with van der Waals surface area (Å²) < 4.78 is 0. The van der Waals surface area contributed by atoms with Gasteiger partial charge in [0.05, 0.1) is 0 Å². The maximum Gasteiger partial charge on any atom is 0.119 e. The molecule has 0 aromatic rings. The summed E-state index contributed by atoms with van der Waals surface area (Å²) in [6, 6.07) is 0. The van der Waals surface area contributed by atoms with Crippen molar-refractivity contribution >= 4 is 12.6 Å². The van der Waals surface area contributed by atoms with Gasteiger partial charge in [-0.2, -0.15) is 0 Å². The SMILES string of the molecule is C=CC.C=CC.CCC.CCC.CCC=O.CCC=O.CCCO.CCCO. The molecule has 0 saturated heterocycles. The fourth-order valence-electron chi connectivity index (χ4n) is 0. The molecule has 28 heavy (non-hydrogen) atoms. The van der Waals surface area contributed by atoms with Crippen molar-refractivity contribution in [3.05, 3.63) is 25.3 Å². The highest BCUT2D eigenvalue weighted by atomic mass is 16.3. The molecular weight excluding hydrogens is 352 g/mol. The Balaban J connectivity index is -0.0000000273. The fourth-order valence-corrected chi connectivity index (χ4v) is 0. The molecule has 0 fully saturated rings. The van der Waals surface area contributed by atoms with Crippen LogP contribution in [0.5, 0.6) is 0 Å². The van der Waals surface area contributed by atoms with Gasteiger partial charge in [0.25, 0.3) is 0 Å². The first-order valence-electron chi connectivity index (χ1n) is 10.5. The standard InChI is InChI=1S/2C3H8O.2C3H6O.2C3H8.2C3H6/c4*1-2-3-4;4*1-3-2/h2*4H,2-3H2,1H3;2*3H,2H2,1H3;2*3H2,1-2H3;2*3H,1H2,2H3. The van der Waals surface area contributed by atoms with Crippen LogP contribution in [0.2, 0.25) is 0 Å². The maximum atomic E-state index is 9.17. The van der Waals surface area contributed by atoms with Crippen LogP contribution in [-0.4, -0.2) is 36.0 Å². The zero-order valence-electron chi connectivity index (χ0n) is 21.1. The van der Waals surface area contributed by atoms with Crippen molar-refractivity contribution in [2.75, 3.05) is 13.2 Å². The minimum atomic E-state index is 0.319. The van der Waals surface area contributed by atoms with Crippen molar-refractivity contribution in [2.24, 2.45) is 0 Å². The van der Waals surface area contributed by atoms with E-state index >= 15 is 0 Å². The van der Waals surface area contributed by atoms with E-state index in [-0.39, 0.29) is 0 Å². The lowest BCUT2D eigenvalue weighted by molar-refractivity contribution is -0.108. The minimum Gasteiger partial charge on any atom is -0.396 e. The number of aliphatic hydroxyl groups is 2. The van der Waals surface area contributed by atoms with Crippen molar-refractivity contribution in [1.82, 2.24) is 0 Å². The van der Waals surface area contributed by atoms with Gasteiger partial charge in [-0.05, 0) is 26.7 Å². The monoisotopic (exact) mass is 408 g/mol. The van der Waals surface area contributed by atoms with Gasteiger partial charge >= 0.3 is 0 Å². The molecule has 0 unspecified atom stereocenters. The van der Waals surface area contributed by atoms with Crippen LogP contribution in [0.4, 0.5) is 0 Å². The number of aliphatic hydroxyl groups excluding tert-OH is 2. The lowest BCUT2D eigenvalue weighted by Gasteiger charge is -1.69. The molecule has 0 atom stereocenters. The molecule has 4 nitrogen and oxygen atoms in total. The third-order valence-corrected chi connectivity index (χ3v) is 0.781. The summed E-state index contributed by atoms with van der Waals surface area (Å²) in [5, 5.41) is 15.8. The molecule has 0 aromatic carbocycles. The number of carbonyl (C=O) groups excluding carboxylic acids is 2. The second kappa shape index (κ2) is 137. The van der Waals surface area contributed by atoms with Crippen molar-refractivity contribution < 1.29 is 19.8 Å². The molecule has 0 heterocycles. The molecule has 0 saturated carbocycles. The summed E-state index contributed by atoms with van der Waals surface area (Å²) in [5.74, 6) is 0. The summed E-state index contributed by atoms with van der Waals surface area (Å²) in [6.45, 7) is 27.1. The molecule has 2 N–H and O–H groups in total. The molecule has 0 aliphatic rings. The second-order valence-corrected chi connectivity index (χ2v) is 4.83. The predicted molar refractivity (Wildman–Crippen MR) is 131 cm³/mol. The van der Waals surface area contributed by atoms with Crippen LogP contribution in [0, 0.1) is 0 Å². The second-order valence-electron chi connectivity index (χ2n) is 4.83. The van der Waals surface area contributed by atoms with Crippen LogP contribution in [0.15, 0.2) is 25.3 Å². The van der Waals surface area contributed by atoms with Gasteiger partial charge in [-0.15, -0.1) is 13.2 Å². The zero-order chi connectivity index (χ0) is 24.5. The van der Waals surface area contributed by atoms with E-state index < -0.39 is 0 Å². The van der Waals surface area contributed by atoms with E-state index in [1.807, 2.05) is 41.5 Å². The average Bonchev–Trinajstić information content (AvgIpc) is 2.70. The highest BCUT2D eigenvalue weighted by Gasteiger charge is 1.57. The van der Waals surface area contributed by atoms with Crippen LogP contribution in [0.25, 0.3) is 0 Å². The Bertz CT molecular complexity index is 157. The van der Waals surface area contributed by atoms with Crippen LogP contribution in [0.3, 0.4) is 0 Å². The molecule has 0 bridgehead atoms. The Labute approximate surface area is 179 Å². The predicted octanol–water partition coefficient (Wildman–Crippen LogP) is 7.19. The van der Waals surface area contributed by atoms with Gasteiger partial charge in [0, 0.05) is 26.1 Å². The van der Waals surface area contributed by atoms with E-state index in [2.05, 4.69) is 40.9 Å². The smallest absolute Gasteiger partial charge is 0.119 e.